The molecule has 0 fully saturated rings. The Bertz CT molecular complexity index is 1430. The van der Waals surface area contributed by atoms with E-state index >= 15 is 4.39 Å². The number of fused-ring (bicyclic) bond motifs is 1. The molecule has 35 heavy (non-hydrogen) atoms. The molecule has 0 radical (unpaired) electrons. The van der Waals surface area contributed by atoms with E-state index in [1.165, 1.54) is 32.1 Å². The molecular weight excluding hydrogens is 458 g/mol. The van der Waals surface area contributed by atoms with Crippen molar-refractivity contribution in [3.63, 3.8) is 0 Å². The van der Waals surface area contributed by atoms with Gasteiger partial charge in [-0.3, -0.25) is 9.59 Å². The first kappa shape index (κ1) is 23.6. The summed E-state index contributed by atoms with van der Waals surface area (Å²) in [7, 11) is 4.57. The summed E-state index contributed by atoms with van der Waals surface area (Å²) in [6.07, 6.45) is 1.14. The second-order valence-corrected chi connectivity index (χ2v) is 7.90. The molecule has 0 saturated carbocycles. The monoisotopic (exact) mass is 480 g/mol. The number of rotatable bonds is 6. The molecule has 4 aromatic rings. The van der Waals surface area contributed by atoms with Crippen molar-refractivity contribution in [3.05, 3.63) is 71.2 Å². The number of ether oxygens (including phenoxy) is 1. The molecule has 2 aromatic carbocycles. The number of hydrogen-bond donors (Lipinski definition) is 3. The van der Waals surface area contributed by atoms with Crippen LogP contribution in [0.15, 0.2) is 42.7 Å². The van der Waals surface area contributed by atoms with Crippen LogP contribution in [0, 0.1) is 18.6 Å². The fraction of sp³-hybridized carbons (Fsp3) is 0.167. The lowest BCUT2D eigenvalue weighted by Gasteiger charge is -2.17. The van der Waals surface area contributed by atoms with Crippen molar-refractivity contribution < 1.29 is 23.1 Å². The maximum Gasteiger partial charge on any atom is 0.262 e. The lowest BCUT2D eigenvalue weighted by Crippen LogP contribution is -2.24. The zero-order valence-electron chi connectivity index (χ0n) is 19.4. The number of halogens is 2. The maximum atomic E-state index is 15.1. The lowest BCUT2D eigenvalue weighted by atomic mass is 10.2. The molecule has 2 aromatic heterocycles. The number of aryl methyl sites for hydroxylation is 1. The predicted octanol–water partition coefficient (Wildman–Crippen LogP) is 4.14. The van der Waals surface area contributed by atoms with E-state index in [2.05, 4.69) is 25.6 Å². The van der Waals surface area contributed by atoms with E-state index in [-0.39, 0.29) is 34.1 Å². The zero-order valence-corrected chi connectivity index (χ0v) is 19.4. The second kappa shape index (κ2) is 9.37. The van der Waals surface area contributed by atoms with Gasteiger partial charge in [0.25, 0.3) is 11.8 Å². The summed E-state index contributed by atoms with van der Waals surface area (Å²) in [5.74, 6) is -2.89. The van der Waals surface area contributed by atoms with E-state index in [1.54, 1.807) is 31.2 Å². The average Bonchev–Trinajstić information content (AvgIpc) is 3.24. The van der Waals surface area contributed by atoms with Crippen LogP contribution >= 0.6 is 0 Å². The van der Waals surface area contributed by atoms with E-state index in [4.69, 9.17) is 4.74 Å². The van der Waals surface area contributed by atoms with Gasteiger partial charge in [-0.25, -0.2) is 18.7 Å². The predicted molar refractivity (Wildman–Crippen MR) is 126 cm³/mol. The largest absolute Gasteiger partial charge is 0.435 e. The number of anilines is 2. The topological polar surface area (TPSA) is 112 Å². The average molecular weight is 480 g/mol. The summed E-state index contributed by atoms with van der Waals surface area (Å²) in [5, 5.41) is 5.54. The van der Waals surface area contributed by atoms with Gasteiger partial charge in [0.2, 0.25) is 5.88 Å². The number of nitrogens with one attached hydrogen (secondary N) is 3. The van der Waals surface area contributed by atoms with Gasteiger partial charge in [0, 0.05) is 49.5 Å². The standard InChI is InChI=1S/C24H22F2N6O3/c1-12-9-15-19(26)17(10-16(25)20(15)30-12)35-23-18(24(34)32(3)4)21(28-11-29-23)31-14-7-5-13(6-8-14)22(33)27-2/h5-11,30H,1-4H3,(H,27,33)(H,28,29,31). The summed E-state index contributed by atoms with van der Waals surface area (Å²) < 4.78 is 35.3. The number of hydrogen-bond acceptors (Lipinski definition) is 6. The first-order valence-corrected chi connectivity index (χ1v) is 10.5. The van der Waals surface area contributed by atoms with Crippen molar-refractivity contribution in [3.8, 4) is 11.6 Å². The van der Waals surface area contributed by atoms with Gasteiger partial charge in [0.05, 0.1) is 5.52 Å². The molecular formula is C24H22F2N6O3. The highest BCUT2D eigenvalue weighted by atomic mass is 19.1. The number of H-pyrrole nitrogens is 1. The minimum atomic E-state index is -0.799. The number of carbonyl (C=O) groups is 2. The normalized spacial score (nSPS) is 10.8. The van der Waals surface area contributed by atoms with Crippen molar-refractivity contribution in [2.45, 2.75) is 6.92 Å². The van der Waals surface area contributed by atoms with Gasteiger partial charge < -0.3 is 25.3 Å². The molecule has 4 rings (SSSR count). The van der Waals surface area contributed by atoms with Crippen molar-refractivity contribution in [2.75, 3.05) is 26.5 Å². The summed E-state index contributed by atoms with van der Waals surface area (Å²) in [6, 6.07) is 8.81. The minimum Gasteiger partial charge on any atom is -0.435 e. The molecule has 11 heteroatoms. The maximum absolute atomic E-state index is 15.1. The number of amides is 2. The van der Waals surface area contributed by atoms with Gasteiger partial charge in [-0.1, -0.05) is 0 Å². The Kier molecular flexibility index (Phi) is 6.32. The molecule has 0 aliphatic carbocycles. The Labute approximate surface area is 199 Å². The second-order valence-electron chi connectivity index (χ2n) is 7.90. The lowest BCUT2D eigenvalue weighted by molar-refractivity contribution is 0.0824. The first-order valence-electron chi connectivity index (χ1n) is 10.5. The number of aromatic amines is 1. The Hall–Kier alpha value is -4.54. The van der Waals surface area contributed by atoms with E-state index in [0.29, 0.717) is 16.9 Å². The highest BCUT2D eigenvalue weighted by Crippen LogP contribution is 2.35. The smallest absolute Gasteiger partial charge is 0.262 e. The molecule has 2 heterocycles. The van der Waals surface area contributed by atoms with E-state index < -0.39 is 23.3 Å². The van der Waals surface area contributed by atoms with Crippen LogP contribution in [-0.4, -0.2) is 52.8 Å². The third-order valence-electron chi connectivity index (χ3n) is 5.18. The van der Waals surface area contributed by atoms with Crippen LogP contribution in [0.25, 0.3) is 10.9 Å². The molecule has 180 valence electrons. The molecule has 0 spiro atoms. The summed E-state index contributed by atoms with van der Waals surface area (Å²) in [5.41, 5.74) is 1.48. The Morgan fingerprint density at radius 1 is 1.09 bits per heavy atom. The fourth-order valence-electron chi connectivity index (χ4n) is 3.46. The van der Waals surface area contributed by atoms with Gasteiger partial charge in [-0.2, -0.15) is 0 Å². The molecule has 2 amide bonds. The molecule has 0 aliphatic heterocycles. The van der Waals surface area contributed by atoms with Gasteiger partial charge in [0.1, 0.15) is 11.9 Å². The fourth-order valence-corrected chi connectivity index (χ4v) is 3.46. The van der Waals surface area contributed by atoms with Crippen LogP contribution in [0.1, 0.15) is 26.4 Å². The highest BCUT2D eigenvalue weighted by Gasteiger charge is 2.25. The minimum absolute atomic E-state index is 0.0154. The van der Waals surface area contributed by atoms with Crippen LogP contribution < -0.4 is 15.4 Å². The molecule has 0 saturated heterocycles. The number of benzene rings is 2. The van der Waals surface area contributed by atoms with E-state index in [1.807, 2.05) is 0 Å². The Balaban J connectivity index is 1.75. The summed E-state index contributed by atoms with van der Waals surface area (Å²) in [6.45, 7) is 1.68. The van der Waals surface area contributed by atoms with E-state index in [0.717, 1.165) is 12.4 Å². The highest BCUT2D eigenvalue weighted by molar-refractivity contribution is 6.01. The van der Waals surface area contributed by atoms with Crippen molar-refractivity contribution in [1.82, 2.24) is 25.2 Å². The van der Waals surface area contributed by atoms with Crippen LogP contribution in [-0.2, 0) is 0 Å². The zero-order chi connectivity index (χ0) is 25.3. The number of carbonyl (C=O) groups excluding carboxylic acids is 2. The van der Waals surface area contributed by atoms with Crippen LogP contribution in [0.2, 0.25) is 0 Å². The van der Waals surface area contributed by atoms with Crippen molar-refractivity contribution in [2.24, 2.45) is 0 Å². The van der Waals surface area contributed by atoms with Gasteiger partial charge in [-0.15, -0.1) is 0 Å². The summed E-state index contributed by atoms with van der Waals surface area (Å²) in [4.78, 5) is 37.0. The quantitative estimate of drug-likeness (QED) is 0.382. The van der Waals surface area contributed by atoms with Crippen LogP contribution in [0.3, 0.4) is 0 Å². The molecule has 0 unspecified atom stereocenters. The van der Waals surface area contributed by atoms with Gasteiger partial charge in [-0.05, 0) is 37.3 Å². The van der Waals surface area contributed by atoms with Crippen LogP contribution in [0.4, 0.5) is 20.3 Å². The Morgan fingerprint density at radius 2 is 1.80 bits per heavy atom. The van der Waals surface area contributed by atoms with Gasteiger partial charge >= 0.3 is 0 Å². The molecule has 0 bridgehead atoms. The SMILES string of the molecule is CNC(=O)c1ccc(Nc2ncnc(Oc3cc(F)c4[nH]c(C)cc4c3F)c2C(=O)N(C)C)cc1. The van der Waals surface area contributed by atoms with Crippen molar-refractivity contribution in [1.29, 1.82) is 0 Å². The summed E-state index contributed by atoms with van der Waals surface area (Å²) >= 11 is 0. The molecule has 0 aliphatic rings. The number of nitrogens with zero attached hydrogens (tertiary/aromatic N) is 3. The Morgan fingerprint density at radius 3 is 2.46 bits per heavy atom. The number of aromatic nitrogens is 3. The van der Waals surface area contributed by atoms with E-state index in [9.17, 15) is 14.0 Å². The molecule has 3 N–H and O–H groups in total. The first-order chi connectivity index (χ1) is 16.7. The van der Waals surface area contributed by atoms with Crippen LogP contribution in [0.5, 0.6) is 11.6 Å². The third-order valence-corrected chi connectivity index (χ3v) is 5.18. The molecule has 9 nitrogen and oxygen atoms in total. The van der Waals surface area contributed by atoms with Gasteiger partial charge in [0.15, 0.2) is 23.2 Å². The molecule has 0 atom stereocenters. The van der Waals surface area contributed by atoms with Crippen molar-refractivity contribution >= 4 is 34.2 Å². The third kappa shape index (κ3) is 4.60.